The van der Waals surface area contributed by atoms with E-state index >= 15 is 0 Å². The lowest BCUT2D eigenvalue weighted by Crippen LogP contribution is -2.49. The second-order valence-corrected chi connectivity index (χ2v) is 9.68. The summed E-state index contributed by atoms with van der Waals surface area (Å²) >= 11 is 0. The van der Waals surface area contributed by atoms with Crippen LogP contribution in [0.5, 0.6) is 0 Å². The molecule has 172 valence electrons. The van der Waals surface area contributed by atoms with Gasteiger partial charge in [-0.3, -0.25) is 9.59 Å². The van der Waals surface area contributed by atoms with E-state index in [0.29, 0.717) is 37.3 Å². The predicted molar refractivity (Wildman–Crippen MR) is 124 cm³/mol. The van der Waals surface area contributed by atoms with E-state index in [1.165, 1.54) is 12.1 Å². The van der Waals surface area contributed by atoms with Crippen molar-refractivity contribution in [1.82, 2.24) is 14.5 Å². The van der Waals surface area contributed by atoms with Crippen molar-refractivity contribution in [2.24, 2.45) is 0 Å². The van der Waals surface area contributed by atoms with E-state index in [4.69, 9.17) is 0 Å². The molecule has 2 aromatic rings. The van der Waals surface area contributed by atoms with Crippen LogP contribution in [-0.2, 0) is 10.0 Å². The highest BCUT2D eigenvalue weighted by molar-refractivity contribution is 7.89. The molecular weight excluding hydrogens is 426 g/mol. The molecule has 2 aromatic carbocycles. The molecule has 1 aliphatic rings. The third-order valence-electron chi connectivity index (χ3n) is 5.68. The standard InChI is InChI=1S/C24H31N3O4S/c1-3-16-27(24(29)20-10-12-22(13-11-20)32(30,31)25-4-2)21-14-17-26(18-15-21)23(28)19-8-6-5-7-9-19/h5-13,21,25H,3-4,14-18H2,1-2H3. The van der Waals surface area contributed by atoms with Crippen LogP contribution in [0.15, 0.2) is 59.5 Å². The van der Waals surface area contributed by atoms with Crippen LogP contribution in [-0.4, -0.2) is 62.3 Å². The van der Waals surface area contributed by atoms with Gasteiger partial charge in [-0.25, -0.2) is 13.1 Å². The Morgan fingerprint density at radius 1 is 0.969 bits per heavy atom. The summed E-state index contributed by atoms with van der Waals surface area (Å²) in [6, 6.07) is 15.4. The Kier molecular flexibility index (Phi) is 8.04. The Morgan fingerprint density at radius 2 is 1.59 bits per heavy atom. The Labute approximate surface area is 190 Å². The fourth-order valence-corrected chi connectivity index (χ4v) is 5.09. The Balaban J connectivity index is 1.68. The smallest absolute Gasteiger partial charge is 0.254 e. The van der Waals surface area contributed by atoms with Gasteiger partial charge in [0.15, 0.2) is 0 Å². The van der Waals surface area contributed by atoms with E-state index in [1.54, 1.807) is 19.1 Å². The molecule has 1 N–H and O–H groups in total. The monoisotopic (exact) mass is 457 g/mol. The molecule has 0 spiro atoms. The number of benzene rings is 2. The third kappa shape index (κ3) is 5.55. The molecule has 1 saturated heterocycles. The average molecular weight is 458 g/mol. The molecule has 0 aliphatic carbocycles. The van der Waals surface area contributed by atoms with Gasteiger partial charge >= 0.3 is 0 Å². The maximum atomic E-state index is 13.2. The molecule has 1 aliphatic heterocycles. The molecule has 0 bridgehead atoms. The quantitative estimate of drug-likeness (QED) is 0.660. The van der Waals surface area contributed by atoms with Crippen molar-refractivity contribution < 1.29 is 18.0 Å². The highest BCUT2D eigenvalue weighted by Gasteiger charge is 2.30. The Bertz CT molecular complexity index is 1010. The minimum Gasteiger partial charge on any atom is -0.338 e. The van der Waals surface area contributed by atoms with Crippen molar-refractivity contribution in [2.75, 3.05) is 26.2 Å². The van der Waals surface area contributed by atoms with Crippen LogP contribution < -0.4 is 4.72 Å². The van der Waals surface area contributed by atoms with E-state index in [9.17, 15) is 18.0 Å². The van der Waals surface area contributed by atoms with Crippen molar-refractivity contribution in [2.45, 2.75) is 44.0 Å². The van der Waals surface area contributed by atoms with Crippen molar-refractivity contribution >= 4 is 21.8 Å². The van der Waals surface area contributed by atoms with Gasteiger partial charge in [-0.2, -0.15) is 0 Å². The van der Waals surface area contributed by atoms with Crippen LogP contribution in [0.1, 0.15) is 53.8 Å². The third-order valence-corrected chi connectivity index (χ3v) is 7.25. The van der Waals surface area contributed by atoms with Crippen molar-refractivity contribution in [3.8, 4) is 0 Å². The number of carbonyl (C=O) groups is 2. The second kappa shape index (κ2) is 10.7. The summed E-state index contributed by atoms with van der Waals surface area (Å²) in [5.41, 5.74) is 1.15. The Hall–Kier alpha value is -2.71. The molecule has 3 rings (SSSR count). The van der Waals surface area contributed by atoms with Gasteiger partial charge in [0, 0.05) is 43.3 Å². The lowest BCUT2D eigenvalue weighted by molar-refractivity contribution is 0.0519. The molecule has 32 heavy (non-hydrogen) atoms. The zero-order valence-corrected chi connectivity index (χ0v) is 19.5. The van der Waals surface area contributed by atoms with Gasteiger partial charge in [0.05, 0.1) is 4.90 Å². The lowest BCUT2D eigenvalue weighted by Gasteiger charge is -2.38. The molecular formula is C24H31N3O4S. The number of likely N-dealkylation sites (tertiary alicyclic amines) is 1. The summed E-state index contributed by atoms with van der Waals surface area (Å²) in [6.45, 7) is 5.88. The Morgan fingerprint density at radius 3 is 2.16 bits per heavy atom. The maximum absolute atomic E-state index is 13.2. The number of carbonyl (C=O) groups excluding carboxylic acids is 2. The van der Waals surface area contributed by atoms with E-state index < -0.39 is 10.0 Å². The van der Waals surface area contributed by atoms with Crippen LogP contribution in [0.25, 0.3) is 0 Å². The zero-order chi connectivity index (χ0) is 23.1. The summed E-state index contributed by atoms with van der Waals surface area (Å²) < 4.78 is 26.7. The average Bonchev–Trinajstić information content (AvgIpc) is 2.82. The first-order valence-corrected chi connectivity index (χ1v) is 12.6. The van der Waals surface area contributed by atoms with Crippen LogP contribution in [0.3, 0.4) is 0 Å². The van der Waals surface area contributed by atoms with E-state index in [-0.39, 0.29) is 22.8 Å². The van der Waals surface area contributed by atoms with Gasteiger partial charge in [0.25, 0.3) is 11.8 Å². The first kappa shape index (κ1) is 23.9. The maximum Gasteiger partial charge on any atom is 0.254 e. The second-order valence-electron chi connectivity index (χ2n) is 7.91. The minimum absolute atomic E-state index is 0.0231. The van der Waals surface area contributed by atoms with E-state index in [1.807, 2.05) is 47.1 Å². The normalized spacial score (nSPS) is 14.9. The highest BCUT2D eigenvalue weighted by atomic mass is 32.2. The molecule has 1 fully saturated rings. The fraction of sp³-hybridized carbons (Fsp3) is 0.417. The fourth-order valence-electron chi connectivity index (χ4n) is 4.05. The van der Waals surface area contributed by atoms with Gasteiger partial charge in [0.1, 0.15) is 0 Å². The summed E-state index contributed by atoms with van der Waals surface area (Å²) in [5.74, 6) is -0.0815. The molecule has 2 amide bonds. The topological polar surface area (TPSA) is 86.8 Å². The number of hydrogen-bond donors (Lipinski definition) is 1. The first-order valence-electron chi connectivity index (χ1n) is 11.1. The number of nitrogens with zero attached hydrogens (tertiary/aromatic N) is 2. The largest absolute Gasteiger partial charge is 0.338 e. The number of hydrogen-bond acceptors (Lipinski definition) is 4. The SMILES string of the molecule is CCCN(C(=O)c1ccc(S(=O)(=O)NCC)cc1)C1CCN(C(=O)c2ccccc2)CC1. The number of nitrogens with one attached hydrogen (secondary N) is 1. The first-order chi connectivity index (χ1) is 15.4. The van der Waals surface area contributed by atoms with Crippen molar-refractivity contribution in [3.05, 3.63) is 65.7 Å². The molecule has 7 nitrogen and oxygen atoms in total. The predicted octanol–water partition coefficient (Wildman–Crippen LogP) is 3.14. The number of amides is 2. The summed E-state index contributed by atoms with van der Waals surface area (Å²) in [5, 5.41) is 0. The molecule has 0 saturated carbocycles. The van der Waals surface area contributed by atoms with E-state index in [0.717, 1.165) is 19.3 Å². The summed E-state index contributed by atoms with van der Waals surface area (Å²) in [4.78, 5) is 29.8. The van der Waals surface area contributed by atoms with E-state index in [2.05, 4.69) is 4.72 Å². The van der Waals surface area contributed by atoms with Gasteiger partial charge < -0.3 is 9.80 Å². The minimum atomic E-state index is -3.55. The highest BCUT2D eigenvalue weighted by Crippen LogP contribution is 2.22. The lowest BCUT2D eigenvalue weighted by atomic mass is 10.0. The number of sulfonamides is 1. The van der Waals surface area contributed by atoms with Crippen LogP contribution in [0.2, 0.25) is 0 Å². The van der Waals surface area contributed by atoms with Crippen molar-refractivity contribution in [1.29, 1.82) is 0 Å². The number of piperidine rings is 1. The molecule has 0 radical (unpaired) electrons. The van der Waals surface area contributed by atoms with Gasteiger partial charge in [-0.1, -0.05) is 32.0 Å². The molecule has 0 atom stereocenters. The van der Waals surface area contributed by atoms with Gasteiger partial charge in [-0.05, 0) is 55.7 Å². The van der Waals surface area contributed by atoms with Crippen LogP contribution in [0, 0.1) is 0 Å². The molecule has 8 heteroatoms. The van der Waals surface area contributed by atoms with Crippen molar-refractivity contribution in [3.63, 3.8) is 0 Å². The zero-order valence-electron chi connectivity index (χ0n) is 18.7. The number of rotatable bonds is 8. The summed E-state index contributed by atoms with van der Waals surface area (Å²) in [6.07, 6.45) is 2.26. The summed E-state index contributed by atoms with van der Waals surface area (Å²) in [7, 11) is -3.55. The molecule has 1 heterocycles. The van der Waals surface area contributed by atoms with Gasteiger partial charge in [0.2, 0.25) is 10.0 Å². The van der Waals surface area contributed by atoms with Crippen LogP contribution in [0.4, 0.5) is 0 Å². The van der Waals surface area contributed by atoms with Gasteiger partial charge in [-0.15, -0.1) is 0 Å². The van der Waals surface area contributed by atoms with Crippen LogP contribution >= 0.6 is 0 Å². The molecule has 0 unspecified atom stereocenters. The molecule has 0 aromatic heterocycles.